The molecule has 0 atom stereocenters. The number of phenolic OH excluding ortho intramolecular Hbond substituents is 2. The molecule has 34 heavy (non-hydrogen) atoms. The lowest BCUT2D eigenvalue weighted by Crippen LogP contribution is -2.03. The van der Waals surface area contributed by atoms with Crippen molar-refractivity contribution in [2.24, 2.45) is 0 Å². The Labute approximate surface area is 203 Å². The van der Waals surface area contributed by atoms with E-state index in [0.717, 1.165) is 35.1 Å². The number of aromatic hydroxyl groups is 2. The lowest BCUT2D eigenvalue weighted by molar-refractivity contribution is 0.476. The second-order valence-electron chi connectivity index (χ2n) is 9.04. The van der Waals surface area contributed by atoms with E-state index in [9.17, 15) is 10.2 Å². The number of hydrogen-bond acceptors (Lipinski definition) is 2. The van der Waals surface area contributed by atoms with Crippen LogP contribution in [0.15, 0.2) is 97.1 Å². The van der Waals surface area contributed by atoms with Crippen molar-refractivity contribution in [2.45, 2.75) is 51.4 Å². The second kappa shape index (κ2) is 11.6. The van der Waals surface area contributed by atoms with Gasteiger partial charge in [-0.15, -0.1) is 0 Å². The first-order valence-corrected chi connectivity index (χ1v) is 12.4. The molecule has 0 aliphatic heterocycles. The number of benzene rings is 4. The van der Waals surface area contributed by atoms with Gasteiger partial charge in [-0.2, -0.15) is 0 Å². The van der Waals surface area contributed by atoms with Crippen molar-refractivity contribution in [3.63, 3.8) is 0 Å². The highest BCUT2D eigenvalue weighted by molar-refractivity contribution is 5.73. The van der Waals surface area contributed by atoms with E-state index < -0.39 is 0 Å². The molecule has 4 aromatic carbocycles. The van der Waals surface area contributed by atoms with Crippen molar-refractivity contribution in [1.82, 2.24) is 0 Å². The quantitative estimate of drug-likeness (QED) is 0.237. The maximum Gasteiger partial charge on any atom is 0.123 e. The molecular weight excluding hydrogens is 416 g/mol. The summed E-state index contributed by atoms with van der Waals surface area (Å²) in [5.74, 6) is 0.785. The third kappa shape index (κ3) is 5.69. The largest absolute Gasteiger partial charge is 0.507 e. The van der Waals surface area contributed by atoms with Gasteiger partial charge in [-0.25, -0.2) is 0 Å². The molecule has 174 valence electrons. The Morgan fingerprint density at radius 3 is 1.50 bits per heavy atom. The van der Waals surface area contributed by atoms with Gasteiger partial charge in [-0.3, -0.25) is 0 Å². The molecule has 2 nitrogen and oxygen atoms in total. The van der Waals surface area contributed by atoms with E-state index in [1.54, 1.807) is 0 Å². The molecule has 4 aromatic rings. The summed E-state index contributed by atoms with van der Waals surface area (Å²) >= 11 is 0. The predicted octanol–water partition coefficient (Wildman–Crippen LogP) is 8.92. The fourth-order valence-electron chi connectivity index (χ4n) is 4.72. The SMILES string of the molecule is CCCCCCCC(c1ccc(O)c(-c2ccccc2)c1)c1ccc(O)c(-c2ccccc2)c1. The number of rotatable bonds is 10. The van der Waals surface area contributed by atoms with Crippen molar-refractivity contribution >= 4 is 0 Å². The maximum atomic E-state index is 10.6. The predicted molar refractivity (Wildman–Crippen MR) is 142 cm³/mol. The maximum absolute atomic E-state index is 10.6. The molecule has 0 fully saturated rings. The van der Waals surface area contributed by atoms with Gasteiger partial charge in [0.2, 0.25) is 0 Å². The van der Waals surface area contributed by atoms with Gasteiger partial charge in [0, 0.05) is 17.0 Å². The highest BCUT2D eigenvalue weighted by Crippen LogP contribution is 2.39. The molecule has 0 spiro atoms. The number of hydrogen-bond donors (Lipinski definition) is 2. The topological polar surface area (TPSA) is 40.5 Å². The molecule has 0 aliphatic carbocycles. The molecule has 0 saturated heterocycles. The fourth-order valence-corrected chi connectivity index (χ4v) is 4.72. The van der Waals surface area contributed by atoms with Crippen LogP contribution < -0.4 is 0 Å². The number of unbranched alkanes of at least 4 members (excludes halogenated alkanes) is 4. The van der Waals surface area contributed by atoms with Crippen LogP contribution in [0.25, 0.3) is 22.3 Å². The molecule has 0 saturated carbocycles. The van der Waals surface area contributed by atoms with Gasteiger partial charge in [0.15, 0.2) is 0 Å². The standard InChI is InChI=1S/C32H34O2/c1-2-3-4-5-12-17-28(26-18-20-31(33)29(22-26)24-13-8-6-9-14-24)27-19-21-32(34)30(23-27)25-15-10-7-11-16-25/h6-11,13-16,18-23,28,33-34H,2-5,12,17H2,1H3. The van der Waals surface area contributed by atoms with Gasteiger partial charge in [-0.05, 0) is 52.9 Å². The Balaban J connectivity index is 1.72. The molecular formula is C32H34O2. The highest BCUT2D eigenvalue weighted by atomic mass is 16.3. The highest BCUT2D eigenvalue weighted by Gasteiger charge is 2.18. The van der Waals surface area contributed by atoms with Gasteiger partial charge in [0.05, 0.1) is 0 Å². The monoisotopic (exact) mass is 450 g/mol. The van der Waals surface area contributed by atoms with Crippen LogP contribution in [0, 0.1) is 0 Å². The second-order valence-corrected chi connectivity index (χ2v) is 9.04. The van der Waals surface area contributed by atoms with Crippen LogP contribution >= 0.6 is 0 Å². The van der Waals surface area contributed by atoms with Crippen molar-refractivity contribution < 1.29 is 10.2 Å². The van der Waals surface area contributed by atoms with Crippen LogP contribution in [0.2, 0.25) is 0 Å². The summed E-state index contributed by atoms with van der Waals surface area (Å²) in [6.45, 7) is 2.24. The minimum Gasteiger partial charge on any atom is -0.507 e. The third-order valence-electron chi connectivity index (χ3n) is 6.61. The number of phenols is 2. The lowest BCUT2D eigenvalue weighted by Gasteiger charge is -2.21. The van der Waals surface area contributed by atoms with Crippen LogP contribution in [0.3, 0.4) is 0 Å². The van der Waals surface area contributed by atoms with Crippen LogP contribution in [-0.4, -0.2) is 10.2 Å². The van der Waals surface area contributed by atoms with Gasteiger partial charge < -0.3 is 10.2 Å². The first-order valence-electron chi connectivity index (χ1n) is 12.4. The van der Waals surface area contributed by atoms with Gasteiger partial charge in [0.1, 0.15) is 11.5 Å². The zero-order chi connectivity index (χ0) is 23.8. The van der Waals surface area contributed by atoms with E-state index in [1.165, 1.54) is 36.8 Å². The van der Waals surface area contributed by atoms with E-state index in [0.29, 0.717) is 11.5 Å². The lowest BCUT2D eigenvalue weighted by atomic mass is 9.84. The minimum atomic E-state index is 0.188. The molecule has 0 unspecified atom stereocenters. The van der Waals surface area contributed by atoms with Crippen LogP contribution in [-0.2, 0) is 0 Å². The fraction of sp³-hybridized carbons (Fsp3) is 0.250. The molecule has 4 rings (SSSR count). The van der Waals surface area contributed by atoms with Crippen molar-refractivity contribution in [1.29, 1.82) is 0 Å². The first-order chi connectivity index (χ1) is 16.7. The zero-order valence-electron chi connectivity index (χ0n) is 20.0. The van der Waals surface area contributed by atoms with E-state index in [4.69, 9.17) is 0 Å². The Morgan fingerprint density at radius 1 is 0.559 bits per heavy atom. The summed E-state index contributed by atoms with van der Waals surface area (Å²) in [4.78, 5) is 0. The van der Waals surface area contributed by atoms with E-state index in [1.807, 2.05) is 84.9 Å². The van der Waals surface area contributed by atoms with E-state index in [2.05, 4.69) is 19.1 Å². The minimum absolute atomic E-state index is 0.188. The van der Waals surface area contributed by atoms with E-state index in [-0.39, 0.29) is 5.92 Å². The van der Waals surface area contributed by atoms with Crippen LogP contribution in [0.1, 0.15) is 62.5 Å². The summed E-state index contributed by atoms with van der Waals surface area (Å²) in [7, 11) is 0. The van der Waals surface area contributed by atoms with Gasteiger partial charge in [-0.1, -0.05) is 112 Å². The Hall–Kier alpha value is -3.52. The van der Waals surface area contributed by atoms with Crippen molar-refractivity contribution in [2.75, 3.05) is 0 Å². The molecule has 0 aliphatic rings. The summed E-state index contributed by atoms with van der Waals surface area (Å²) in [5, 5.41) is 21.2. The first kappa shape index (κ1) is 23.6. The molecule has 0 amide bonds. The van der Waals surface area contributed by atoms with Crippen LogP contribution in [0.4, 0.5) is 0 Å². The van der Waals surface area contributed by atoms with Crippen molar-refractivity contribution in [3.8, 4) is 33.8 Å². The summed E-state index contributed by atoms with van der Waals surface area (Å²) in [6.07, 6.45) is 7.17. The summed E-state index contributed by atoms with van der Waals surface area (Å²) < 4.78 is 0. The molecule has 2 N–H and O–H groups in total. The van der Waals surface area contributed by atoms with Gasteiger partial charge >= 0.3 is 0 Å². The molecule has 0 bridgehead atoms. The average molecular weight is 451 g/mol. The zero-order valence-corrected chi connectivity index (χ0v) is 20.0. The third-order valence-corrected chi connectivity index (χ3v) is 6.61. The van der Waals surface area contributed by atoms with Crippen LogP contribution in [0.5, 0.6) is 11.5 Å². The Morgan fingerprint density at radius 2 is 1.03 bits per heavy atom. The summed E-state index contributed by atoms with van der Waals surface area (Å²) in [5.41, 5.74) is 6.12. The molecule has 0 heterocycles. The Bertz CT molecular complexity index is 1090. The Kier molecular flexibility index (Phi) is 8.04. The van der Waals surface area contributed by atoms with Gasteiger partial charge in [0.25, 0.3) is 0 Å². The van der Waals surface area contributed by atoms with Crippen molar-refractivity contribution in [3.05, 3.63) is 108 Å². The average Bonchev–Trinajstić information content (AvgIpc) is 2.88. The molecule has 0 radical (unpaired) electrons. The smallest absolute Gasteiger partial charge is 0.123 e. The normalized spacial score (nSPS) is 11.1. The summed E-state index contributed by atoms with van der Waals surface area (Å²) in [6, 6.07) is 32.1. The molecule has 2 heteroatoms. The molecule has 0 aromatic heterocycles. The van der Waals surface area contributed by atoms with E-state index >= 15 is 0 Å².